The number of rotatable bonds is 4. The van der Waals surface area contributed by atoms with Crippen LogP contribution in [-0.4, -0.2) is 12.2 Å². The van der Waals surface area contributed by atoms with Crippen LogP contribution in [0.3, 0.4) is 0 Å². The van der Waals surface area contributed by atoms with Crippen LogP contribution in [0.1, 0.15) is 16.5 Å². The third-order valence-electron chi connectivity index (χ3n) is 2.59. The van der Waals surface area contributed by atoms with E-state index >= 15 is 0 Å². The smallest absolute Gasteiger partial charge is 0.129 e. The molecule has 0 fully saturated rings. The fourth-order valence-corrected chi connectivity index (χ4v) is 2.94. The second-order valence-corrected chi connectivity index (χ2v) is 5.63. The van der Waals surface area contributed by atoms with Crippen molar-refractivity contribution in [2.75, 3.05) is 7.11 Å². The number of halogens is 2. The zero-order chi connectivity index (χ0) is 13.1. The molecule has 1 N–H and O–H groups in total. The van der Waals surface area contributed by atoms with Crippen molar-refractivity contribution in [3.63, 3.8) is 0 Å². The van der Waals surface area contributed by atoms with E-state index in [0.717, 1.165) is 16.2 Å². The van der Waals surface area contributed by atoms with Crippen LogP contribution in [0.15, 0.2) is 29.6 Å². The number of hydrogen-bond acceptors (Lipinski definition) is 3. The number of aliphatic hydroxyl groups is 1. The van der Waals surface area contributed by atoms with Gasteiger partial charge in [0.2, 0.25) is 0 Å². The van der Waals surface area contributed by atoms with Gasteiger partial charge in [-0.25, -0.2) is 0 Å². The molecule has 0 aliphatic carbocycles. The van der Waals surface area contributed by atoms with Crippen molar-refractivity contribution in [1.82, 2.24) is 0 Å². The van der Waals surface area contributed by atoms with Crippen molar-refractivity contribution in [2.45, 2.75) is 12.5 Å². The van der Waals surface area contributed by atoms with Crippen LogP contribution in [-0.2, 0) is 6.42 Å². The van der Waals surface area contributed by atoms with Crippen LogP contribution >= 0.6 is 34.5 Å². The Kier molecular flexibility index (Phi) is 4.51. The minimum absolute atomic E-state index is 0.458. The Labute approximate surface area is 120 Å². The van der Waals surface area contributed by atoms with E-state index in [9.17, 15) is 5.11 Å². The molecule has 1 atom stereocenters. The van der Waals surface area contributed by atoms with Gasteiger partial charge in [-0.2, -0.15) is 0 Å². The number of hydrogen-bond donors (Lipinski definition) is 1. The third kappa shape index (κ3) is 3.18. The van der Waals surface area contributed by atoms with Gasteiger partial charge in [0.05, 0.1) is 13.2 Å². The van der Waals surface area contributed by atoms with E-state index in [-0.39, 0.29) is 0 Å². The molecule has 0 spiro atoms. The molecule has 1 heterocycles. The lowest BCUT2D eigenvalue weighted by Crippen LogP contribution is -2.00. The summed E-state index contributed by atoms with van der Waals surface area (Å²) in [6, 6.07) is 7.11. The van der Waals surface area contributed by atoms with E-state index in [0.29, 0.717) is 16.5 Å². The Morgan fingerprint density at radius 3 is 2.72 bits per heavy atom. The van der Waals surface area contributed by atoms with Crippen molar-refractivity contribution in [3.8, 4) is 5.75 Å². The Morgan fingerprint density at radius 2 is 2.11 bits per heavy atom. The summed E-state index contributed by atoms with van der Waals surface area (Å²) >= 11 is 13.4. The quantitative estimate of drug-likeness (QED) is 0.910. The second-order valence-electron chi connectivity index (χ2n) is 3.84. The molecule has 5 heteroatoms. The van der Waals surface area contributed by atoms with E-state index in [1.807, 2.05) is 17.5 Å². The van der Waals surface area contributed by atoms with Crippen LogP contribution in [0, 0.1) is 0 Å². The molecular weight excluding hydrogens is 291 g/mol. The summed E-state index contributed by atoms with van der Waals surface area (Å²) in [7, 11) is 1.61. The van der Waals surface area contributed by atoms with Gasteiger partial charge >= 0.3 is 0 Å². The first-order valence-electron chi connectivity index (χ1n) is 5.34. The van der Waals surface area contributed by atoms with Crippen LogP contribution < -0.4 is 4.74 Å². The zero-order valence-electron chi connectivity index (χ0n) is 9.69. The lowest BCUT2D eigenvalue weighted by atomic mass is 10.1. The van der Waals surface area contributed by atoms with Gasteiger partial charge in [-0.1, -0.05) is 29.3 Å². The van der Waals surface area contributed by atoms with E-state index in [2.05, 4.69) is 0 Å². The van der Waals surface area contributed by atoms with Gasteiger partial charge < -0.3 is 9.84 Å². The molecule has 2 rings (SSSR count). The Morgan fingerprint density at radius 1 is 1.33 bits per heavy atom. The molecule has 0 saturated carbocycles. The van der Waals surface area contributed by atoms with Crippen molar-refractivity contribution >= 4 is 34.5 Å². The normalized spacial score (nSPS) is 12.4. The molecule has 0 radical (unpaired) electrons. The number of thiophene rings is 1. The highest BCUT2D eigenvalue weighted by Crippen LogP contribution is 2.31. The van der Waals surface area contributed by atoms with Gasteiger partial charge in [-0.3, -0.25) is 0 Å². The van der Waals surface area contributed by atoms with Gasteiger partial charge in [0.25, 0.3) is 0 Å². The summed E-state index contributed by atoms with van der Waals surface area (Å²) in [5.74, 6) is 0.760. The first kappa shape index (κ1) is 13.7. The first-order valence-corrected chi connectivity index (χ1v) is 6.98. The summed E-state index contributed by atoms with van der Waals surface area (Å²) in [5.41, 5.74) is 0.876. The lowest BCUT2D eigenvalue weighted by molar-refractivity contribution is 0.182. The third-order valence-corrected chi connectivity index (χ3v) is 4.19. The predicted octanol–water partition coefficient (Wildman–Crippen LogP) is 4.34. The van der Waals surface area contributed by atoms with Crippen LogP contribution in [0.5, 0.6) is 5.75 Å². The summed E-state index contributed by atoms with van der Waals surface area (Å²) in [5, 5.41) is 13.2. The van der Waals surface area contributed by atoms with Crippen LogP contribution in [0.25, 0.3) is 0 Å². The van der Waals surface area contributed by atoms with Gasteiger partial charge in [-0.05, 0) is 23.8 Å². The maximum atomic E-state index is 10.1. The monoisotopic (exact) mass is 302 g/mol. The van der Waals surface area contributed by atoms with Crippen molar-refractivity contribution in [3.05, 3.63) is 50.1 Å². The predicted molar refractivity (Wildman–Crippen MR) is 76.0 cm³/mol. The Hall–Kier alpha value is -0.740. The zero-order valence-corrected chi connectivity index (χ0v) is 12.0. The van der Waals surface area contributed by atoms with Gasteiger partial charge in [0, 0.05) is 26.7 Å². The molecule has 1 aromatic carbocycles. The highest BCUT2D eigenvalue weighted by atomic mass is 35.5. The number of ether oxygens (including phenoxy) is 1. The van der Waals surface area contributed by atoms with E-state index < -0.39 is 6.10 Å². The molecule has 0 bridgehead atoms. The minimum atomic E-state index is -0.586. The van der Waals surface area contributed by atoms with E-state index in [1.54, 1.807) is 19.2 Å². The first-order chi connectivity index (χ1) is 8.60. The van der Waals surface area contributed by atoms with Gasteiger partial charge in [0.15, 0.2) is 0 Å². The fraction of sp³-hybridized carbons (Fsp3) is 0.231. The van der Waals surface area contributed by atoms with Crippen LogP contribution in [0.2, 0.25) is 10.0 Å². The molecule has 0 amide bonds. The molecule has 1 aromatic heterocycles. The highest BCUT2D eigenvalue weighted by molar-refractivity contribution is 7.10. The Balaban J connectivity index is 2.13. The molecule has 0 aliphatic heterocycles. The molecule has 0 aliphatic rings. The van der Waals surface area contributed by atoms with Gasteiger partial charge in [0.1, 0.15) is 5.75 Å². The minimum Gasteiger partial charge on any atom is -0.496 e. The molecule has 2 aromatic rings. The van der Waals surface area contributed by atoms with Crippen molar-refractivity contribution < 1.29 is 9.84 Å². The van der Waals surface area contributed by atoms with E-state index in [1.165, 1.54) is 11.3 Å². The topological polar surface area (TPSA) is 29.5 Å². The van der Waals surface area contributed by atoms with Crippen molar-refractivity contribution in [1.29, 1.82) is 0 Å². The maximum Gasteiger partial charge on any atom is 0.129 e. The molecular formula is C13H12Cl2O2S. The summed E-state index contributed by atoms with van der Waals surface area (Å²) in [6.07, 6.45) is -0.128. The number of aliphatic hydroxyl groups excluding tert-OH is 1. The molecule has 18 heavy (non-hydrogen) atoms. The standard InChI is InChI=1S/C13H12Cl2O2S/c1-17-10-6-13(18-7-10)12(16)4-8-2-3-9(14)5-11(8)15/h2-3,5-7,12,16H,4H2,1H3. The SMILES string of the molecule is COc1csc(C(O)Cc2ccc(Cl)cc2Cl)c1. The van der Waals surface area contributed by atoms with Crippen molar-refractivity contribution in [2.24, 2.45) is 0 Å². The van der Waals surface area contributed by atoms with Crippen LogP contribution in [0.4, 0.5) is 0 Å². The average molecular weight is 303 g/mol. The molecule has 96 valence electrons. The number of benzene rings is 1. The summed E-state index contributed by atoms with van der Waals surface area (Å²) in [6.45, 7) is 0. The maximum absolute atomic E-state index is 10.1. The molecule has 0 saturated heterocycles. The second kappa shape index (κ2) is 5.93. The lowest BCUT2D eigenvalue weighted by Gasteiger charge is -2.10. The summed E-state index contributed by atoms with van der Waals surface area (Å²) < 4.78 is 5.09. The molecule has 2 nitrogen and oxygen atoms in total. The average Bonchev–Trinajstić information content (AvgIpc) is 2.81. The highest BCUT2D eigenvalue weighted by Gasteiger charge is 2.13. The van der Waals surface area contributed by atoms with E-state index in [4.69, 9.17) is 27.9 Å². The number of methoxy groups -OCH3 is 1. The molecule has 1 unspecified atom stereocenters. The Bertz CT molecular complexity index is 540. The largest absolute Gasteiger partial charge is 0.496 e. The van der Waals surface area contributed by atoms with Gasteiger partial charge in [-0.15, -0.1) is 11.3 Å². The fourth-order valence-electron chi connectivity index (χ4n) is 1.61. The summed E-state index contributed by atoms with van der Waals surface area (Å²) in [4.78, 5) is 0.859.